The molecular weight excluding hydrogens is 430 g/mol. The molecule has 4 rings (SSSR count). The minimum Gasteiger partial charge on any atom is -0.364 e. The van der Waals surface area contributed by atoms with Crippen molar-refractivity contribution in [1.29, 1.82) is 0 Å². The van der Waals surface area contributed by atoms with Gasteiger partial charge in [0.1, 0.15) is 5.82 Å². The predicted molar refractivity (Wildman–Crippen MR) is 133 cm³/mol. The molecule has 0 spiro atoms. The van der Waals surface area contributed by atoms with Crippen LogP contribution in [0, 0.1) is 0 Å². The summed E-state index contributed by atoms with van der Waals surface area (Å²) in [6.07, 6.45) is 6.02. The Balaban J connectivity index is 1.50. The molecule has 1 aromatic heterocycles. The van der Waals surface area contributed by atoms with E-state index < -0.39 is 5.91 Å². The first-order chi connectivity index (χ1) is 16.4. The second kappa shape index (κ2) is 10.2. The molecule has 1 atom stereocenters. The van der Waals surface area contributed by atoms with Gasteiger partial charge in [-0.3, -0.25) is 9.59 Å². The number of likely N-dealkylation sites (N-methyl/N-ethyl adjacent to an activating group) is 1. The molecule has 180 valence electrons. The van der Waals surface area contributed by atoms with E-state index in [0.29, 0.717) is 30.6 Å². The van der Waals surface area contributed by atoms with Crippen LogP contribution in [0.15, 0.2) is 43.1 Å². The highest BCUT2D eigenvalue weighted by molar-refractivity contribution is 5.96. The van der Waals surface area contributed by atoms with E-state index >= 15 is 0 Å². The molecule has 2 saturated heterocycles. The van der Waals surface area contributed by atoms with E-state index in [9.17, 15) is 9.59 Å². The van der Waals surface area contributed by atoms with Crippen molar-refractivity contribution < 1.29 is 9.59 Å². The van der Waals surface area contributed by atoms with Gasteiger partial charge < -0.3 is 25.8 Å². The standard InChI is InChI=1S/C25H33N7O2/c1-4-22(33)32-14-11-20(16-32)31(3)21-15-27-23(24(26)34)25(29-21)28-19-7-5-17(6-8-19)18-9-12-30(2)13-10-18/h4-8,15,18,20H,1,9-14,16H2,2-3H3,(H2,26,34)(H,28,29)/t20-/m1/s1. The van der Waals surface area contributed by atoms with Crippen LogP contribution in [-0.2, 0) is 4.79 Å². The zero-order chi connectivity index (χ0) is 24.2. The molecule has 3 heterocycles. The molecule has 9 nitrogen and oxygen atoms in total. The number of nitrogens with zero attached hydrogens (tertiary/aromatic N) is 5. The molecule has 9 heteroatoms. The average molecular weight is 464 g/mol. The Labute approximate surface area is 200 Å². The number of carbonyl (C=O) groups is 2. The summed E-state index contributed by atoms with van der Waals surface area (Å²) in [6.45, 7) is 7.05. The van der Waals surface area contributed by atoms with Crippen molar-refractivity contribution in [1.82, 2.24) is 19.8 Å². The number of anilines is 3. The molecule has 0 aliphatic carbocycles. The first-order valence-electron chi connectivity index (χ1n) is 11.7. The van der Waals surface area contributed by atoms with Gasteiger partial charge >= 0.3 is 0 Å². The van der Waals surface area contributed by atoms with Crippen LogP contribution in [0.1, 0.15) is 41.2 Å². The van der Waals surface area contributed by atoms with Gasteiger partial charge in [0, 0.05) is 31.9 Å². The van der Waals surface area contributed by atoms with Crippen molar-refractivity contribution in [3.8, 4) is 0 Å². The molecular formula is C25H33N7O2. The lowest BCUT2D eigenvalue weighted by Crippen LogP contribution is -2.36. The van der Waals surface area contributed by atoms with Gasteiger partial charge in [-0.05, 0) is 69.1 Å². The highest BCUT2D eigenvalue weighted by Crippen LogP contribution is 2.29. The minimum atomic E-state index is -0.643. The Morgan fingerprint density at radius 1 is 1.18 bits per heavy atom. The van der Waals surface area contributed by atoms with Crippen LogP contribution in [0.2, 0.25) is 0 Å². The fourth-order valence-corrected chi connectivity index (χ4v) is 4.71. The van der Waals surface area contributed by atoms with Crippen LogP contribution in [0.4, 0.5) is 17.3 Å². The van der Waals surface area contributed by atoms with Crippen molar-refractivity contribution in [2.24, 2.45) is 5.73 Å². The van der Waals surface area contributed by atoms with Gasteiger partial charge in [0.25, 0.3) is 5.91 Å². The van der Waals surface area contributed by atoms with Crippen molar-refractivity contribution in [3.05, 3.63) is 54.4 Å². The summed E-state index contributed by atoms with van der Waals surface area (Å²) in [6, 6.07) is 8.38. The second-order valence-electron chi connectivity index (χ2n) is 9.16. The molecule has 34 heavy (non-hydrogen) atoms. The molecule has 0 unspecified atom stereocenters. The summed E-state index contributed by atoms with van der Waals surface area (Å²) >= 11 is 0. The number of carbonyl (C=O) groups excluding carboxylic acids is 2. The summed E-state index contributed by atoms with van der Waals surface area (Å²) in [5.41, 5.74) is 7.80. The number of primary amides is 1. The maximum absolute atomic E-state index is 12.0. The molecule has 2 fully saturated rings. The highest BCUT2D eigenvalue weighted by atomic mass is 16.2. The van der Waals surface area contributed by atoms with Gasteiger partial charge in [0.2, 0.25) is 5.91 Å². The van der Waals surface area contributed by atoms with Crippen LogP contribution < -0.4 is 16.0 Å². The largest absolute Gasteiger partial charge is 0.364 e. The third-order valence-corrected chi connectivity index (χ3v) is 6.92. The van der Waals surface area contributed by atoms with Gasteiger partial charge in [-0.1, -0.05) is 18.7 Å². The van der Waals surface area contributed by atoms with E-state index in [2.05, 4.69) is 45.9 Å². The van der Waals surface area contributed by atoms with Crippen LogP contribution in [0.25, 0.3) is 0 Å². The summed E-state index contributed by atoms with van der Waals surface area (Å²) in [7, 11) is 4.08. The normalized spacial score (nSPS) is 19.1. The number of aromatic nitrogens is 2. The predicted octanol–water partition coefficient (Wildman–Crippen LogP) is 2.35. The fourth-order valence-electron chi connectivity index (χ4n) is 4.71. The number of hydrogen-bond donors (Lipinski definition) is 2. The van der Waals surface area contributed by atoms with E-state index in [1.165, 1.54) is 11.6 Å². The van der Waals surface area contributed by atoms with Crippen LogP contribution >= 0.6 is 0 Å². The van der Waals surface area contributed by atoms with Crippen LogP contribution in [0.5, 0.6) is 0 Å². The molecule has 2 aliphatic rings. The Morgan fingerprint density at radius 3 is 2.53 bits per heavy atom. The summed E-state index contributed by atoms with van der Waals surface area (Å²) < 4.78 is 0. The van der Waals surface area contributed by atoms with Crippen molar-refractivity contribution in [2.75, 3.05) is 50.5 Å². The van der Waals surface area contributed by atoms with Gasteiger partial charge in [0.05, 0.1) is 6.20 Å². The quantitative estimate of drug-likeness (QED) is 0.607. The molecule has 0 radical (unpaired) electrons. The SMILES string of the molecule is C=CC(=O)N1CC[C@@H](N(C)c2cnc(C(N)=O)c(Nc3ccc(C4CCN(C)CC4)cc3)n2)C1. The van der Waals surface area contributed by atoms with Crippen LogP contribution in [0.3, 0.4) is 0 Å². The lowest BCUT2D eigenvalue weighted by atomic mass is 9.89. The Hall–Kier alpha value is -3.46. The molecule has 2 amide bonds. The summed E-state index contributed by atoms with van der Waals surface area (Å²) in [5, 5.41) is 3.23. The smallest absolute Gasteiger partial charge is 0.271 e. The van der Waals surface area contributed by atoms with Gasteiger partial charge in [-0.25, -0.2) is 9.97 Å². The van der Waals surface area contributed by atoms with E-state index in [4.69, 9.17) is 5.73 Å². The van der Waals surface area contributed by atoms with E-state index in [1.54, 1.807) is 11.1 Å². The van der Waals surface area contributed by atoms with E-state index in [1.807, 2.05) is 24.1 Å². The highest BCUT2D eigenvalue weighted by Gasteiger charge is 2.29. The van der Waals surface area contributed by atoms with Gasteiger partial charge in [0.15, 0.2) is 11.5 Å². The Morgan fingerprint density at radius 2 is 1.88 bits per heavy atom. The van der Waals surface area contributed by atoms with Gasteiger partial charge in [-0.15, -0.1) is 0 Å². The summed E-state index contributed by atoms with van der Waals surface area (Å²) in [5.74, 6) is 0.782. The molecule has 1 aromatic carbocycles. The zero-order valence-corrected chi connectivity index (χ0v) is 19.9. The number of amides is 2. The van der Waals surface area contributed by atoms with Gasteiger partial charge in [-0.2, -0.15) is 0 Å². The molecule has 2 aromatic rings. The third-order valence-electron chi connectivity index (χ3n) is 6.92. The number of nitrogens with two attached hydrogens (primary N) is 1. The summed E-state index contributed by atoms with van der Waals surface area (Å²) in [4.78, 5) is 39.0. The molecule has 2 aliphatic heterocycles. The second-order valence-corrected chi connectivity index (χ2v) is 9.16. The first kappa shape index (κ1) is 23.7. The number of nitrogens with one attached hydrogen (secondary N) is 1. The number of likely N-dealkylation sites (tertiary alicyclic amines) is 2. The Bertz CT molecular complexity index is 1050. The van der Waals surface area contributed by atoms with Crippen molar-refractivity contribution in [2.45, 2.75) is 31.2 Å². The third kappa shape index (κ3) is 5.20. The van der Waals surface area contributed by atoms with E-state index in [-0.39, 0.29) is 17.6 Å². The average Bonchev–Trinajstić information content (AvgIpc) is 3.34. The lowest BCUT2D eigenvalue weighted by Gasteiger charge is -2.29. The first-order valence-corrected chi connectivity index (χ1v) is 11.7. The fraction of sp³-hybridized carbons (Fsp3) is 0.440. The maximum atomic E-state index is 12.0. The monoisotopic (exact) mass is 463 g/mol. The minimum absolute atomic E-state index is 0.0721. The number of benzene rings is 1. The molecule has 0 bridgehead atoms. The molecule has 3 N–H and O–H groups in total. The zero-order valence-electron chi connectivity index (χ0n) is 19.9. The van der Waals surface area contributed by atoms with E-state index in [0.717, 1.165) is 38.0 Å². The topological polar surface area (TPSA) is 108 Å². The maximum Gasteiger partial charge on any atom is 0.271 e. The molecule has 0 saturated carbocycles. The van der Waals surface area contributed by atoms with Crippen molar-refractivity contribution >= 4 is 29.1 Å². The number of rotatable bonds is 7. The lowest BCUT2D eigenvalue weighted by molar-refractivity contribution is -0.125. The number of hydrogen-bond acceptors (Lipinski definition) is 7. The number of piperidine rings is 1. The van der Waals surface area contributed by atoms with Crippen molar-refractivity contribution in [3.63, 3.8) is 0 Å². The Kier molecular flexibility index (Phi) is 7.12. The van der Waals surface area contributed by atoms with Crippen LogP contribution in [-0.4, -0.2) is 77.9 Å².